The Balaban J connectivity index is 3.07. The number of nitrogens with one attached hydrogen (secondary N) is 1. The summed E-state index contributed by atoms with van der Waals surface area (Å²) in [6, 6.07) is 3.82. The van der Waals surface area contributed by atoms with Crippen LogP contribution in [0.15, 0.2) is 12.1 Å². The number of likely N-dealkylation sites (N-methyl/N-ethyl adjacent to an activating group) is 1. The second-order valence-corrected chi connectivity index (χ2v) is 4.78. The third-order valence-corrected chi connectivity index (χ3v) is 2.94. The predicted molar refractivity (Wildman–Crippen MR) is 73.8 cm³/mol. The van der Waals surface area contributed by atoms with Gasteiger partial charge in [-0.15, -0.1) is 0 Å². The van der Waals surface area contributed by atoms with Crippen molar-refractivity contribution in [3.63, 3.8) is 0 Å². The van der Waals surface area contributed by atoms with Crippen LogP contribution in [0.3, 0.4) is 0 Å². The standard InChI is InChI=1S/C14H22N2O2/c1-8(2)11-7-12(15)9(3)6-13(11)18-10(4)14(17)16-5/h6-8,10H,15H2,1-5H3,(H,16,17). The SMILES string of the molecule is CNC(=O)C(C)Oc1cc(C)c(N)cc1C(C)C. The van der Waals surface area contributed by atoms with E-state index in [1.807, 2.05) is 19.1 Å². The zero-order chi connectivity index (χ0) is 13.9. The number of amides is 1. The van der Waals surface area contributed by atoms with Crippen molar-refractivity contribution in [2.45, 2.75) is 39.7 Å². The average molecular weight is 250 g/mol. The number of ether oxygens (including phenoxy) is 1. The number of nitrogens with two attached hydrogens (primary N) is 1. The fourth-order valence-electron chi connectivity index (χ4n) is 1.72. The molecule has 0 aromatic heterocycles. The number of carbonyl (C=O) groups excluding carboxylic acids is 1. The van der Waals surface area contributed by atoms with Gasteiger partial charge in [0, 0.05) is 12.7 Å². The molecule has 0 heterocycles. The lowest BCUT2D eigenvalue weighted by Gasteiger charge is -2.19. The molecular weight excluding hydrogens is 228 g/mol. The number of anilines is 1. The second kappa shape index (κ2) is 5.76. The molecular formula is C14H22N2O2. The zero-order valence-corrected chi connectivity index (χ0v) is 11.7. The molecule has 0 saturated carbocycles. The molecule has 100 valence electrons. The third-order valence-electron chi connectivity index (χ3n) is 2.94. The molecule has 1 amide bonds. The van der Waals surface area contributed by atoms with Gasteiger partial charge >= 0.3 is 0 Å². The average Bonchev–Trinajstić information content (AvgIpc) is 2.31. The smallest absolute Gasteiger partial charge is 0.260 e. The van der Waals surface area contributed by atoms with E-state index in [9.17, 15) is 4.79 Å². The molecule has 0 aliphatic heterocycles. The summed E-state index contributed by atoms with van der Waals surface area (Å²) in [5.41, 5.74) is 8.64. The first-order valence-electron chi connectivity index (χ1n) is 6.15. The molecule has 0 aliphatic carbocycles. The summed E-state index contributed by atoms with van der Waals surface area (Å²) < 4.78 is 5.73. The maximum absolute atomic E-state index is 11.5. The summed E-state index contributed by atoms with van der Waals surface area (Å²) in [6.45, 7) is 7.80. The molecule has 1 unspecified atom stereocenters. The monoisotopic (exact) mass is 250 g/mol. The van der Waals surface area contributed by atoms with Crippen LogP contribution < -0.4 is 15.8 Å². The Kier molecular flexibility index (Phi) is 4.59. The Morgan fingerprint density at radius 1 is 1.33 bits per heavy atom. The lowest BCUT2D eigenvalue weighted by Crippen LogP contribution is -2.34. The fraction of sp³-hybridized carbons (Fsp3) is 0.500. The summed E-state index contributed by atoms with van der Waals surface area (Å²) >= 11 is 0. The molecule has 3 N–H and O–H groups in total. The van der Waals surface area contributed by atoms with Crippen LogP contribution in [0.25, 0.3) is 0 Å². The first-order valence-corrected chi connectivity index (χ1v) is 6.15. The van der Waals surface area contributed by atoms with Crippen LogP contribution in [0.2, 0.25) is 0 Å². The van der Waals surface area contributed by atoms with Crippen LogP contribution in [0.1, 0.15) is 37.8 Å². The molecule has 4 heteroatoms. The minimum absolute atomic E-state index is 0.140. The summed E-state index contributed by atoms with van der Waals surface area (Å²) in [5.74, 6) is 0.881. The maximum atomic E-state index is 11.5. The molecule has 0 saturated heterocycles. The fourth-order valence-corrected chi connectivity index (χ4v) is 1.72. The summed E-state index contributed by atoms with van der Waals surface area (Å²) in [4.78, 5) is 11.5. The van der Waals surface area contributed by atoms with Crippen molar-refractivity contribution in [3.05, 3.63) is 23.3 Å². The lowest BCUT2D eigenvalue weighted by molar-refractivity contribution is -0.126. The van der Waals surface area contributed by atoms with Gasteiger partial charge in [0.15, 0.2) is 6.10 Å². The number of carbonyl (C=O) groups is 1. The minimum atomic E-state index is -0.518. The van der Waals surface area contributed by atoms with Crippen LogP contribution in [-0.2, 0) is 4.79 Å². The molecule has 0 fully saturated rings. The zero-order valence-electron chi connectivity index (χ0n) is 11.7. The van der Waals surface area contributed by atoms with E-state index in [1.54, 1.807) is 14.0 Å². The van der Waals surface area contributed by atoms with Crippen molar-refractivity contribution in [1.29, 1.82) is 0 Å². The molecule has 0 bridgehead atoms. The van der Waals surface area contributed by atoms with Crippen molar-refractivity contribution in [1.82, 2.24) is 5.32 Å². The van der Waals surface area contributed by atoms with Gasteiger partial charge in [0.05, 0.1) is 0 Å². The van der Waals surface area contributed by atoms with Crippen LogP contribution in [0, 0.1) is 6.92 Å². The number of benzene rings is 1. The molecule has 1 aromatic carbocycles. The van der Waals surface area contributed by atoms with Crippen molar-refractivity contribution in [2.75, 3.05) is 12.8 Å². The van der Waals surface area contributed by atoms with E-state index in [2.05, 4.69) is 19.2 Å². The first-order chi connectivity index (χ1) is 8.36. The van der Waals surface area contributed by atoms with Gasteiger partial charge in [0.1, 0.15) is 5.75 Å². The van der Waals surface area contributed by atoms with E-state index >= 15 is 0 Å². The number of hydrogen-bond acceptors (Lipinski definition) is 3. The summed E-state index contributed by atoms with van der Waals surface area (Å²) in [7, 11) is 1.60. The molecule has 1 atom stereocenters. The highest BCUT2D eigenvalue weighted by Crippen LogP contribution is 2.31. The Hall–Kier alpha value is -1.71. The van der Waals surface area contributed by atoms with E-state index in [0.717, 1.165) is 22.6 Å². The van der Waals surface area contributed by atoms with Crippen LogP contribution in [-0.4, -0.2) is 19.1 Å². The van der Waals surface area contributed by atoms with Crippen molar-refractivity contribution in [3.8, 4) is 5.75 Å². The van der Waals surface area contributed by atoms with Crippen molar-refractivity contribution < 1.29 is 9.53 Å². The number of hydrogen-bond donors (Lipinski definition) is 2. The van der Waals surface area contributed by atoms with E-state index in [4.69, 9.17) is 10.5 Å². The Morgan fingerprint density at radius 3 is 2.44 bits per heavy atom. The van der Waals surface area contributed by atoms with Crippen LogP contribution >= 0.6 is 0 Å². The molecule has 4 nitrogen and oxygen atoms in total. The Morgan fingerprint density at radius 2 is 1.94 bits per heavy atom. The van der Waals surface area contributed by atoms with Gasteiger partial charge in [-0.1, -0.05) is 13.8 Å². The highest BCUT2D eigenvalue weighted by Gasteiger charge is 2.17. The Labute approximate surface area is 109 Å². The van der Waals surface area contributed by atoms with E-state index < -0.39 is 6.10 Å². The molecule has 0 radical (unpaired) electrons. The summed E-state index contributed by atoms with van der Waals surface area (Å²) in [6.07, 6.45) is -0.518. The van der Waals surface area contributed by atoms with Gasteiger partial charge in [-0.25, -0.2) is 0 Å². The second-order valence-electron chi connectivity index (χ2n) is 4.78. The highest BCUT2D eigenvalue weighted by molar-refractivity contribution is 5.80. The molecule has 1 rings (SSSR count). The maximum Gasteiger partial charge on any atom is 0.260 e. The van der Waals surface area contributed by atoms with Gasteiger partial charge in [-0.05, 0) is 43.0 Å². The predicted octanol–water partition coefficient (Wildman–Crippen LogP) is 2.21. The van der Waals surface area contributed by atoms with Gasteiger partial charge in [0.2, 0.25) is 0 Å². The normalized spacial score (nSPS) is 12.3. The largest absolute Gasteiger partial charge is 0.481 e. The lowest BCUT2D eigenvalue weighted by atomic mass is 9.99. The first kappa shape index (κ1) is 14.4. The van der Waals surface area contributed by atoms with E-state index in [-0.39, 0.29) is 5.91 Å². The molecule has 18 heavy (non-hydrogen) atoms. The van der Waals surface area contributed by atoms with Gasteiger partial charge in [-0.2, -0.15) is 0 Å². The van der Waals surface area contributed by atoms with Crippen LogP contribution in [0.4, 0.5) is 5.69 Å². The quantitative estimate of drug-likeness (QED) is 0.805. The van der Waals surface area contributed by atoms with Gasteiger partial charge in [-0.3, -0.25) is 4.79 Å². The van der Waals surface area contributed by atoms with Crippen LogP contribution in [0.5, 0.6) is 5.75 Å². The van der Waals surface area contributed by atoms with Gasteiger partial charge in [0.25, 0.3) is 5.91 Å². The van der Waals surface area contributed by atoms with Crippen molar-refractivity contribution in [2.24, 2.45) is 0 Å². The topological polar surface area (TPSA) is 64.3 Å². The minimum Gasteiger partial charge on any atom is -0.481 e. The van der Waals surface area contributed by atoms with E-state index in [0.29, 0.717) is 5.92 Å². The van der Waals surface area contributed by atoms with Gasteiger partial charge < -0.3 is 15.8 Å². The molecule has 0 aliphatic rings. The molecule has 1 aromatic rings. The van der Waals surface area contributed by atoms with E-state index in [1.165, 1.54) is 0 Å². The number of nitrogen functional groups attached to an aromatic ring is 1. The third kappa shape index (κ3) is 3.15. The summed E-state index contributed by atoms with van der Waals surface area (Å²) in [5, 5.41) is 2.57. The Bertz CT molecular complexity index is 442. The highest BCUT2D eigenvalue weighted by atomic mass is 16.5. The number of aryl methyl sites for hydroxylation is 1. The number of rotatable bonds is 4. The molecule has 0 spiro atoms. The van der Waals surface area contributed by atoms with Crippen molar-refractivity contribution >= 4 is 11.6 Å².